The summed E-state index contributed by atoms with van der Waals surface area (Å²) in [6.07, 6.45) is 6.42. The minimum absolute atomic E-state index is 0.0552. The molecule has 0 N–H and O–H groups in total. The lowest BCUT2D eigenvalue weighted by Gasteiger charge is -2.17. The van der Waals surface area contributed by atoms with Crippen molar-refractivity contribution in [2.24, 2.45) is 5.11 Å². The zero-order chi connectivity index (χ0) is 21.5. The molecule has 8 nitrogen and oxygen atoms in total. The van der Waals surface area contributed by atoms with Crippen molar-refractivity contribution < 1.29 is 9.53 Å². The second kappa shape index (κ2) is 7.83. The van der Waals surface area contributed by atoms with Crippen molar-refractivity contribution in [3.8, 4) is 10.6 Å². The number of aryl methyl sites for hydroxylation is 1. The van der Waals surface area contributed by atoms with Crippen LogP contribution in [-0.2, 0) is 11.2 Å². The van der Waals surface area contributed by atoms with Crippen LogP contribution in [0.1, 0.15) is 65.5 Å². The van der Waals surface area contributed by atoms with E-state index in [4.69, 9.17) is 15.3 Å². The van der Waals surface area contributed by atoms with E-state index in [1.54, 1.807) is 30.5 Å². The zero-order valence-electron chi connectivity index (χ0n) is 17.1. The third-order valence-corrected chi connectivity index (χ3v) is 7.07. The number of aromatic nitrogens is 2. The maximum absolute atomic E-state index is 13.0. The Labute approximate surface area is 182 Å². The topological polar surface area (TPSA) is 110 Å². The largest absolute Gasteiger partial charge is 0.462 e. The predicted octanol–water partition coefficient (Wildman–Crippen LogP) is 5.32. The molecular formula is C22H21N5O3S. The van der Waals surface area contributed by atoms with Gasteiger partial charge in [-0.2, -0.15) is 0 Å². The summed E-state index contributed by atoms with van der Waals surface area (Å²) in [7, 11) is 0. The molecule has 0 amide bonds. The number of hydrogen-bond acceptors (Lipinski definition) is 6. The number of pyridine rings is 2. The smallest absolute Gasteiger partial charge is 0.343 e. The Hall–Kier alpha value is -3.16. The van der Waals surface area contributed by atoms with Crippen LogP contribution in [0.2, 0.25) is 0 Å². The van der Waals surface area contributed by atoms with Gasteiger partial charge in [-0.15, -0.1) is 11.3 Å². The van der Waals surface area contributed by atoms with Crippen LogP contribution in [0.5, 0.6) is 0 Å². The van der Waals surface area contributed by atoms with E-state index < -0.39 is 5.97 Å². The number of carbonyl (C=O) groups is 1. The van der Waals surface area contributed by atoms with E-state index >= 15 is 0 Å². The summed E-state index contributed by atoms with van der Waals surface area (Å²) in [6.45, 7) is 1.94. The molecule has 158 valence electrons. The molecule has 3 aromatic rings. The van der Waals surface area contributed by atoms with E-state index in [1.165, 1.54) is 4.88 Å². The number of azide groups is 1. The molecule has 1 unspecified atom stereocenters. The first-order valence-electron chi connectivity index (χ1n) is 10.5. The lowest BCUT2D eigenvalue weighted by molar-refractivity contribution is 0.0524. The molecule has 3 heterocycles. The Bertz CT molecular complexity index is 1300. The van der Waals surface area contributed by atoms with Gasteiger partial charge < -0.3 is 9.30 Å². The Morgan fingerprint density at radius 3 is 2.97 bits per heavy atom. The van der Waals surface area contributed by atoms with Crippen LogP contribution in [0.4, 0.5) is 0 Å². The molecule has 0 bridgehead atoms. The van der Waals surface area contributed by atoms with Crippen molar-refractivity contribution in [2.75, 3.05) is 6.61 Å². The number of ether oxygens (including phenoxy) is 1. The van der Waals surface area contributed by atoms with Crippen molar-refractivity contribution in [1.82, 2.24) is 9.55 Å². The average molecular weight is 436 g/mol. The van der Waals surface area contributed by atoms with Crippen molar-refractivity contribution in [2.45, 2.75) is 51.1 Å². The molecule has 2 aliphatic rings. The Morgan fingerprint density at radius 1 is 1.39 bits per heavy atom. The SMILES string of the molecule is CCOC(=O)c1cn(C2CC2)c2nc(-c3cc4c(s3)CCCC4N=[N+]=[N-])ccc2c1=O. The molecule has 9 heteroatoms. The van der Waals surface area contributed by atoms with Gasteiger partial charge in [0.15, 0.2) is 0 Å². The number of nitrogens with zero attached hydrogens (tertiary/aromatic N) is 5. The quantitative estimate of drug-likeness (QED) is 0.234. The minimum atomic E-state index is -0.595. The number of thiophene rings is 1. The Morgan fingerprint density at radius 2 is 2.23 bits per heavy atom. The summed E-state index contributed by atoms with van der Waals surface area (Å²) < 4.78 is 7.02. The molecule has 1 saturated carbocycles. The van der Waals surface area contributed by atoms with E-state index in [0.717, 1.165) is 48.2 Å². The lowest BCUT2D eigenvalue weighted by atomic mass is 9.94. The van der Waals surface area contributed by atoms with Gasteiger partial charge in [-0.05, 0) is 68.3 Å². The van der Waals surface area contributed by atoms with Crippen molar-refractivity contribution in [1.29, 1.82) is 0 Å². The maximum atomic E-state index is 13.0. The van der Waals surface area contributed by atoms with E-state index in [1.807, 2.05) is 10.6 Å². The van der Waals surface area contributed by atoms with E-state index in [-0.39, 0.29) is 29.7 Å². The maximum Gasteiger partial charge on any atom is 0.343 e. The first-order valence-corrected chi connectivity index (χ1v) is 11.3. The van der Waals surface area contributed by atoms with Gasteiger partial charge in [0.05, 0.1) is 28.6 Å². The Balaban J connectivity index is 1.64. The van der Waals surface area contributed by atoms with Gasteiger partial charge in [-0.3, -0.25) is 4.79 Å². The molecule has 0 aliphatic heterocycles. The molecular weight excluding hydrogens is 414 g/mol. The summed E-state index contributed by atoms with van der Waals surface area (Å²) in [6, 6.07) is 5.76. The van der Waals surface area contributed by atoms with Gasteiger partial charge in [-0.1, -0.05) is 5.11 Å². The summed E-state index contributed by atoms with van der Waals surface area (Å²) in [4.78, 5) is 35.3. The standard InChI is InChI=1S/C22H21N5O3S/c1-2-30-22(29)15-11-27(12-6-7-12)21-13(20(15)28)8-9-17(24-21)19-10-14-16(25-26-23)4-3-5-18(14)31-19/h8-12,16H,2-7H2,1H3. The lowest BCUT2D eigenvalue weighted by Crippen LogP contribution is -2.21. The fourth-order valence-corrected chi connectivity index (χ4v) is 5.42. The highest BCUT2D eigenvalue weighted by atomic mass is 32.1. The second-order valence-electron chi connectivity index (χ2n) is 7.90. The molecule has 0 saturated heterocycles. The molecule has 0 spiro atoms. The average Bonchev–Trinajstić information content (AvgIpc) is 3.52. The highest BCUT2D eigenvalue weighted by molar-refractivity contribution is 7.15. The van der Waals surface area contributed by atoms with Crippen LogP contribution >= 0.6 is 11.3 Å². The molecule has 1 fully saturated rings. The van der Waals surface area contributed by atoms with Gasteiger partial charge in [0.25, 0.3) is 0 Å². The van der Waals surface area contributed by atoms with Gasteiger partial charge >= 0.3 is 5.97 Å². The van der Waals surface area contributed by atoms with Crippen LogP contribution in [0.3, 0.4) is 0 Å². The summed E-state index contributed by atoms with van der Waals surface area (Å²) >= 11 is 1.67. The van der Waals surface area contributed by atoms with Crippen molar-refractivity contribution in [3.05, 3.63) is 61.1 Å². The number of hydrogen-bond donors (Lipinski definition) is 0. The molecule has 0 aromatic carbocycles. The van der Waals surface area contributed by atoms with Gasteiger partial charge in [-0.25, -0.2) is 9.78 Å². The van der Waals surface area contributed by atoms with E-state index in [0.29, 0.717) is 11.0 Å². The van der Waals surface area contributed by atoms with Crippen molar-refractivity contribution in [3.63, 3.8) is 0 Å². The summed E-state index contributed by atoms with van der Waals surface area (Å²) in [5.74, 6) is -0.595. The number of esters is 1. The highest BCUT2D eigenvalue weighted by Gasteiger charge is 2.28. The van der Waals surface area contributed by atoms with Crippen LogP contribution in [0.15, 0.2) is 34.3 Å². The molecule has 5 rings (SSSR count). The van der Waals surface area contributed by atoms with Crippen LogP contribution in [0.25, 0.3) is 32.0 Å². The third kappa shape index (κ3) is 3.49. The van der Waals surface area contributed by atoms with Gasteiger partial charge in [0, 0.05) is 22.0 Å². The minimum Gasteiger partial charge on any atom is -0.462 e. The fourth-order valence-electron chi connectivity index (χ4n) is 4.19. The zero-order valence-corrected chi connectivity index (χ0v) is 17.9. The number of carbonyl (C=O) groups excluding carboxylic acids is 1. The van der Waals surface area contributed by atoms with E-state index in [2.05, 4.69) is 16.1 Å². The molecule has 3 aromatic heterocycles. The highest BCUT2D eigenvalue weighted by Crippen LogP contribution is 2.42. The van der Waals surface area contributed by atoms with E-state index in [9.17, 15) is 9.59 Å². The first-order chi connectivity index (χ1) is 15.1. The fraction of sp³-hybridized carbons (Fsp3) is 0.409. The number of rotatable bonds is 5. The molecule has 31 heavy (non-hydrogen) atoms. The molecule has 1 atom stereocenters. The number of fused-ring (bicyclic) bond motifs is 2. The van der Waals surface area contributed by atoms with Gasteiger partial charge in [0.1, 0.15) is 11.2 Å². The van der Waals surface area contributed by atoms with Crippen LogP contribution in [0, 0.1) is 0 Å². The molecule has 2 aliphatic carbocycles. The predicted molar refractivity (Wildman–Crippen MR) is 118 cm³/mol. The first kappa shape index (κ1) is 19.8. The monoisotopic (exact) mass is 435 g/mol. The summed E-state index contributed by atoms with van der Waals surface area (Å²) in [5.41, 5.74) is 11.0. The second-order valence-corrected chi connectivity index (χ2v) is 9.04. The van der Waals surface area contributed by atoms with Crippen LogP contribution < -0.4 is 5.43 Å². The molecule has 0 radical (unpaired) electrons. The Kier molecular flexibility index (Phi) is 5.00. The van der Waals surface area contributed by atoms with Crippen LogP contribution in [-0.4, -0.2) is 22.1 Å². The third-order valence-electron chi connectivity index (χ3n) is 5.84. The normalized spacial score (nSPS) is 17.8. The summed E-state index contributed by atoms with van der Waals surface area (Å²) in [5, 5.41) is 4.38. The van der Waals surface area contributed by atoms with Gasteiger partial charge in [0.2, 0.25) is 5.43 Å². The van der Waals surface area contributed by atoms with Crippen molar-refractivity contribution >= 4 is 28.3 Å².